The highest BCUT2D eigenvalue weighted by molar-refractivity contribution is 5.92. The van der Waals surface area contributed by atoms with Crippen LogP contribution in [0.15, 0.2) is 0 Å². The fourth-order valence-corrected chi connectivity index (χ4v) is 2.66. The van der Waals surface area contributed by atoms with Crippen LogP contribution in [0, 0.1) is 5.92 Å². The Morgan fingerprint density at radius 1 is 1.32 bits per heavy atom. The van der Waals surface area contributed by atoms with Gasteiger partial charge in [0.15, 0.2) is 0 Å². The SMILES string of the molecule is COC(=O)[C@H](CC(C)C)NC(=O)[C@@H]1CCCN1C(=O)[C@H](C)N. The van der Waals surface area contributed by atoms with E-state index in [0.29, 0.717) is 19.4 Å². The average Bonchev–Trinajstić information content (AvgIpc) is 2.93. The standard InChI is InChI=1S/C15H27N3O4/c1-9(2)8-11(15(21)22-4)17-13(19)12-6-5-7-18(12)14(20)10(3)16/h9-12H,5-8,16H2,1-4H3,(H,17,19)/t10-,11-,12-/m0/s1. The Bertz CT molecular complexity index is 423. The number of ether oxygens (including phenoxy) is 1. The second-order valence-electron chi connectivity index (χ2n) is 6.19. The molecular formula is C15H27N3O4. The Morgan fingerprint density at radius 2 is 1.95 bits per heavy atom. The number of carbonyl (C=O) groups excluding carboxylic acids is 3. The zero-order valence-electron chi connectivity index (χ0n) is 13.8. The molecule has 1 rings (SSSR count). The van der Waals surface area contributed by atoms with E-state index < -0.39 is 24.1 Å². The summed E-state index contributed by atoms with van der Waals surface area (Å²) in [6.45, 7) is 6.05. The first-order valence-corrected chi connectivity index (χ1v) is 7.72. The molecule has 126 valence electrons. The van der Waals surface area contributed by atoms with Crippen molar-refractivity contribution >= 4 is 17.8 Å². The van der Waals surface area contributed by atoms with Crippen LogP contribution in [0.4, 0.5) is 0 Å². The van der Waals surface area contributed by atoms with Crippen molar-refractivity contribution < 1.29 is 19.1 Å². The Balaban J connectivity index is 2.76. The lowest BCUT2D eigenvalue weighted by Gasteiger charge is -2.27. The summed E-state index contributed by atoms with van der Waals surface area (Å²) in [5.41, 5.74) is 5.62. The third-order valence-corrected chi connectivity index (χ3v) is 3.74. The molecule has 0 aromatic heterocycles. The average molecular weight is 313 g/mol. The minimum absolute atomic E-state index is 0.231. The lowest BCUT2D eigenvalue weighted by Crippen LogP contribution is -2.53. The van der Waals surface area contributed by atoms with E-state index in [-0.39, 0.29) is 17.7 Å². The quantitative estimate of drug-likeness (QED) is 0.674. The van der Waals surface area contributed by atoms with E-state index in [0.717, 1.165) is 6.42 Å². The fourth-order valence-electron chi connectivity index (χ4n) is 2.66. The largest absolute Gasteiger partial charge is 0.467 e. The van der Waals surface area contributed by atoms with Gasteiger partial charge in [0.05, 0.1) is 13.2 Å². The minimum Gasteiger partial charge on any atom is -0.467 e. The van der Waals surface area contributed by atoms with Gasteiger partial charge in [-0.1, -0.05) is 13.8 Å². The molecule has 0 spiro atoms. The van der Waals surface area contributed by atoms with Gasteiger partial charge >= 0.3 is 5.97 Å². The Morgan fingerprint density at radius 3 is 2.45 bits per heavy atom. The van der Waals surface area contributed by atoms with E-state index in [9.17, 15) is 14.4 Å². The summed E-state index contributed by atoms with van der Waals surface area (Å²) in [7, 11) is 1.29. The van der Waals surface area contributed by atoms with Gasteiger partial charge in [-0.2, -0.15) is 0 Å². The summed E-state index contributed by atoms with van der Waals surface area (Å²) in [6.07, 6.45) is 1.83. The fraction of sp³-hybridized carbons (Fsp3) is 0.800. The van der Waals surface area contributed by atoms with E-state index >= 15 is 0 Å². The highest BCUT2D eigenvalue weighted by atomic mass is 16.5. The van der Waals surface area contributed by atoms with Gasteiger partial charge in [0.25, 0.3) is 0 Å². The molecule has 0 unspecified atom stereocenters. The van der Waals surface area contributed by atoms with Crippen LogP contribution in [0.5, 0.6) is 0 Å². The molecule has 0 radical (unpaired) electrons. The first kappa shape index (κ1) is 18.4. The van der Waals surface area contributed by atoms with Crippen LogP contribution in [0.1, 0.15) is 40.0 Å². The molecule has 0 aromatic carbocycles. The van der Waals surface area contributed by atoms with Crippen LogP contribution >= 0.6 is 0 Å². The molecule has 1 heterocycles. The van der Waals surface area contributed by atoms with Crippen molar-refractivity contribution in [3.05, 3.63) is 0 Å². The van der Waals surface area contributed by atoms with Gasteiger partial charge in [0.1, 0.15) is 12.1 Å². The number of nitrogens with two attached hydrogens (primary N) is 1. The molecule has 0 saturated carbocycles. The lowest BCUT2D eigenvalue weighted by molar-refractivity contribution is -0.146. The maximum absolute atomic E-state index is 12.4. The van der Waals surface area contributed by atoms with E-state index in [1.807, 2.05) is 13.8 Å². The summed E-state index contributed by atoms with van der Waals surface area (Å²) in [5.74, 6) is -0.793. The molecule has 7 nitrogen and oxygen atoms in total. The first-order valence-electron chi connectivity index (χ1n) is 7.72. The van der Waals surface area contributed by atoms with E-state index in [4.69, 9.17) is 10.5 Å². The number of amides is 2. The molecule has 0 aliphatic carbocycles. The maximum atomic E-state index is 12.4. The highest BCUT2D eigenvalue weighted by Crippen LogP contribution is 2.19. The maximum Gasteiger partial charge on any atom is 0.328 e. The van der Waals surface area contributed by atoms with Crippen molar-refractivity contribution in [2.24, 2.45) is 11.7 Å². The molecule has 1 aliphatic rings. The molecule has 2 amide bonds. The zero-order chi connectivity index (χ0) is 16.9. The molecule has 1 fully saturated rings. The van der Waals surface area contributed by atoms with Crippen LogP contribution in [0.2, 0.25) is 0 Å². The molecular weight excluding hydrogens is 286 g/mol. The zero-order valence-corrected chi connectivity index (χ0v) is 13.8. The van der Waals surface area contributed by atoms with Crippen LogP contribution in [0.3, 0.4) is 0 Å². The second kappa shape index (κ2) is 8.12. The van der Waals surface area contributed by atoms with Crippen molar-refractivity contribution in [2.75, 3.05) is 13.7 Å². The van der Waals surface area contributed by atoms with Crippen LogP contribution in [-0.2, 0) is 19.1 Å². The van der Waals surface area contributed by atoms with Gasteiger partial charge in [-0.15, -0.1) is 0 Å². The molecule has 3 atom stereocenters. The number of rotatable bonds is 6. The first-order chi connectivity index (χ1) is 10.3. The number of carbonyl (C=O) groups is 3. The van der Waals surface area contributed by atoms with Gasteiger partial charge in [-0.25, -0.2) is 4.79 Å². The number of nitrogens with zero attached hydrogens (tertiary/aromatic N) is 1. The number of hydrogen-bond donors (Lipinski definition) is 2. The molecule has 3 N–H and O–H groups in total. The molecule has 22 heavy (non-hydrogen) atoms. The molecule has 7 heteroatoms. The van der Waals surface area contributed by atoms with Crippen LogP contribution in [0.25, 0.3) is 0 Å². The third-order valence-electron chi connectivity index (χ3n) is 3.74. The molecule has 1 aliphatic heterocycles. The van der Waals surface area contributed by atoms with Crippen molar-refractivity contribution in [1.29, 1.82) is 0 Å². The highest BCUT2D eigenvalue weighted by Gasteiger charge is 2.36. The number of methoxy groups -OCH3 is 1. The van der Waals surface area contributed by atoms with Gasteiger partial charge in [-0.05, 0) is 32.1 Å². The molecule has 1 saturated heterocycles. The van der Waals surface area contributed by atoms with Gasteiger partial charge < -0.3 is 20.7 Å². The van der Waals surface area contributed by atoms with Crippen molar-refractivity contribution in [1.82, 2.24) is 10.2 Å². The van der Waals surface area contributed by atoms with Crippen molar-refractivity contribution in [3.8, 4) is 0 Å². The number of hydrogen-bond acceptors (Lipinski definition) is 5. The van der Waals surface area contributed by atoms with Gasteiger partial charge in [-0.3, -0.25) is 9.59 Å². The predicted molar refractivity (Wildman–Crippen MR) is 81.8 cm³/mol. The monoisotopic (exact) mass is 313 g/mol. The summed E-state index contributed by atoms with van der Waals surface area (Å²) >= 11 is 0. The van der Waals surface area contributed by atoms with Gasteiger partial charge in [0.2, 0.25) is 11.8 Å². The van der Waals surface area contributed by atoms with Crippen molar-refractivity contribution in [3.63, 3.8) is 0 Å². The van der Waals surface area contributed by atoms with Crippen LogP contribution in [-0.4, -0.2) is 54.5 Å². The normalized spacial score (nSPS) is 20.6. The van der Waals surface area contributed by atoms with E-state index in [2.05, 4.69) is 5.32 Å². The molecule has 0 bridgehead atoms. The number of likely N-dealkylation sites (tertiary alicyclic amines) is 1. The second-order valence-corrected chi connectivity index (χ2v) is 6.19. The molecule has 0 aromatic rings. The van der Waals surface area contributed by atoms with E-state index in [1.54, 1.807) is 6.92 Å². The summed E-state index contributed by atoms with van der Waals surface area (Å²) in [4.78, 5) is 37.8. The minimum atomic E-state index is -0.689. The summed E-state index contributed by atoms with van der Waals surface area (Å²) in [5, 5.41) is 2.72. The number of nitrogens with one attached hydrogen (secondary N) is 1. The van der Waals surface area contributed by atoms with E-state index in [1.165, 1.54) is 12.0 Å². The Hall–Kier alpha value is -1.63. The van der Waals surface area contributed by atoms with Crippen LogP contribution < -0.4 is 11.1 Å². The summed E-state index contributed by atoms with van der Waals surface area (Å²) < 4.78 is 4.74. The Kier molecular flexibility index (Phi) is 6.80. The third kappa shape index (κ3) is 4.69. The lowest BCUT2D eigenvalue weighted by atomic mass is 10.0. The summed E-state index contributed by atoms with van der Waals surface area (Å²) in [6, 6.07) is -1.89. The Labute approximate surface area is 131 Å². The van der Waals surface area contributed by atoms with Crippen molar-refractivity contribution in [2.45, 2.75) is 58.2 Å². The smallest absolute Gasteiger partial charge is 0.328 e. The predicted octanol–water partition coefficient (Wildman–Crippen LogP) is 0.0285. The number of esters is 1. The van der Waals surface area contributed by atoms with Gasteiger partial charge in [0, 0.05) is 6.54 Å². The topological polar surface area (TPSA) is 102 Å².